The normalized spacial score (nSPS) is 36.7. The van der Waals surface area contributed by atoms with E-state index in [1.165, 1.54) is 6.42 Å². The van der Waals surface area contributed by atoms with E-state index < -0.39 is 0 Å². The largest absolute Gasteiger partial charge is 0.342 e. The van der Waals surface area contributed by atoms with Gasteiger partial charge >= 0.3 is 0 Å². The molecule has 2 rings (SSSR count). The molecule has 1 amide bonds. The van der Waals surface area contributed by atoms with E-state index in [0.717, 1.165) is 25.4 Å². The van der Waals surface area contributed by atoms with Crippen LogP contribution in [0.3, 0.4) is 0 Å². The highest BCUT2D eigenvalue weighted by molar-refractivity contribution is 5.81. The quantitative estimate of drug-likeness (QED) is 0.707. The minimum absolute atomic E-state index is 0.373. The Morgan fingerprint density at radius 1 is 1.19 bits per heavy atom. The lowest BCUT2D eigenvalue weighted by molar-refractivity contribution is -0.132. The average molecular weight is 225 g/mol. The molecule has 16 heavy (non-hydrogen) atoms. The number of amides is 1. The number of likely N-dealkylation sites (tertiary alicyclic amines) is 1. The molecule has 2 nitrogen and oxygen atoms in total. The minimum Gasteiger partial charge on any atom is -0.342 e. The number of rotatable bonds is 2. The molecular weight excluding hydrogens is 198 g/mol. The van der Waals surface area contributed by atoms with E-state index in [9.17, 15) is 4.79 Å². The smallest absolute Gasteiger partial charge is 0.225 e. The molecule has 4 unspecified atom stereocenters. The average Bonchev–Trinajstić information content (AvgIpc) is 2.90. The molecule has 1 aliphatic heterocycles. The van der Waals surface area contributed by atoms with Crippen molar-refractivity contribution in [3.05, 3.63) is 0 Å². The molecule has 94 valence electrons. The zero-order chi connectivity index (χ0) is 12.3. The number of hydrogen-bond donors (Lipinski definition) is 0. The lowest BCUT2D eigenvalue weighted by Crippen LogP contribution is -2.30. The van der Waals surface area contributed by atoms with Crippen molar-refractivity contribution < 1.29 is 4.79 Å². The third-order valence-electron chi connectivity index (χ3n) is 4.03. The van der Waals surface area contributed by atoms with Crippen molar-refractivity contribution in [2.45, 2.75) is 47.5 Å². The van der Waals surface area contributed by atoms with Gasteiger partial charge in [-0.2, -0.15) is 0 Å². The Morgan fingerprint density at radius 3 is 2.12 bits per heavy atom. The van der Waals surface area contributed by atoms with Crippen molar-refractivity contribution in [2.24, 2.45) is 23.7 Å². The van der Waals surface area contributed by atoms with Gasteiger partial charge in [0.15, 0.2) is 0 Å². The molecule has 0 aromatic heterocycles. The summed E-state index contributed by atoms with van der Waals surface area (Å²) < 4.78 is 0. The predicted octanol–water partition coefficient (Wildman–Crippen LogP) is 3.17. The first kappa shape index (κ1) is 13.5. The summed E-state index contributed by atoms with van der Waals surface area (Å²) in [5.74, 6) is 2.91. The topological polar surface area (TPSA) is 20.3 Å². The van der Waals surface area contributed by atoms with Crippen LogP contribution in [0.5, 0.6) is 0 Å². The van der Waals surface area contributed by atoms with Gasteiger partial charge in [-0.1, -0.05) is 41.0 Å². The van der Waals surface area contributed by atoms with E-state index in [2.05, 4.69) is 25.7 Å². The Balaban J connectivity index is 0.000000606. The zero-order valence-corrected chi connectivity index (χ0v) is 11.5. The first-order valence-corrected chi connectivity index (χ1v) is 6.92. The molecule has 1 saturated carbocycles. The van der Waals surface area contributed by atoms with Crippen LogP contribution in [0.15, 0.2) is 0 Å². The summed E-state index contributed by atoms with van der Waals surface area (Å²) in [4.78, 5) is 14.1. The van der Waals surface area contributed by atoms with Crippen molar-refractivity contribution >= 4 is 5.91 Å². The van der Waals surface area contributed by atoms with Crippen LogP contribution < -0.4 is 0 Å². The molecule has 0 aromatic rings. The fourth-order valence-electron chi connectivity index (χ4n) is 2.65. The maximum Gasteiger partial charge on any atom is 0.225 e. The molecule has 2 heteroatoms. The summed E-state index contributed by atoms with van der Waals surface area (Å²) in [6, 6.07) is 0. The molecule has 1 heterocycles. The van der Waals surface area contributed by atoms with E-state index in [-0.39, 0.29) is 0 Å². The second kappa shape index (κ2) is 5.70. The molecule has 0 bridgehead atoms. The van der Waals surface area contributed by atoms with Crippen LogP contribution in [-0.2, 0) is 4.79 Å². The Kier molecular flexibility index (Phi) is 4.82. The van der Waals surface area contributed by atoms with Gasteiger partial charge in [0.1, 0.15) is 0 Å². The van der Waals surface area contributed by atoms with Gasteiger partial charge in [-0.15, -0.1) is 0 Å². The number of carbonyl (C=O) groups is 1. The van der Waals surface area contributed by atoms with Crippen molar-refractivity contribution in [2.75, 3.05) is 13.1 Å². The van der Waals surface area contributed by atoms with Gasteiger partial charge < -0.3 is 4.90 Å². The Bertz CT molecular complexity index is 239. The zero-order valence-electron chi connectivity index (χ0n) is 11.5. The monoisotopic (exact) mass is 225 g/mol. The highest BCUT2D eigenvalue weighted by Gasteiger charge is 2.43. The second-order valence-electron chi connectivity index (χ2n) is 5.21. The molecule has 1 aliphatic carbocycles. The molecule has 1 saturated heterocycles. The van der Waals surface area contributed by atoms with E-state index in [4.69, 9.17) is 0 Å². The summed E-state index contributed by atoms with van der Waals surface area (Å²) in [5, 5.41) is 0. The van der Waals surface area contributed by atoms with Crippen LogP contribution in [0.4, 0.5) is 0 Å². The van der Waals surface area contributed by atoms with Crippen LogP contribution in [0.2, 0.25) is 0 Å². The summed E-state index contributed by atoms with van der Waals surface area (Å²) in [6.07, 6.45) is 2.34. The van der Waals surface area contributed by atoms with Gasteiger partial charge in [-0.05, 0) is 24.2 Å². The Hall–Kier alpha value is -0.530. The molecule has 0 N–H and O–H groups in total. The second-order valence-corrected chi connectivity index (χ2v) is 5.21. The van der Waals surface area contributed by atoms with Gasteiger partial charge in [0, 0.05) is 19.0 Å². The van der Waals surface area contributed by atoms with Crippen molar-refractivity contribution in [1.82, 2.24) is 4.90 Å². The van der Waals surface area contributed by atoms with Gasteiger partial charge in [0.2, 0.25) is 5.91 Å². The van der Waals surface area contributed by atoms with Crippen LogP contribution in [0.1, 0.15) is 47.5 Å². The third kappa shape index (κ3) is 2.78. The van der Waals surface area contributed by atoms with Crippen LogP contribution >= 0.6 is 0 Å². The van der Waals surface area contributed by atoms with Gasteiger partial charge in [0.25, 0.3) is 0 Å². The van der Waals surface area contributed by atoms with Crippen LogP contribution in [-0.4, -0.2) is 23.9 Å². The van der Waals surface area contributed by atoms with E-state index in [0.29, 0.717) is 23.7 Å². The summed E-state index contributed by atoms with van der Waals surface area (Å²) in [5.41, 5.74) is 0. The maximum atomic E-state index is 12.0. The van der Waals surface area contributed by atoms with Crippen LogP contribution in [0.25, 0.3) is 0 Å². The maximum absolute atomic E-state index is 12.0. The van der Waals surface area contributed by atoms with Crippen molar-refractivity contribution in [1.29, 1.82) is 0 Å². The van der Waals surface area contributed by atoms with E-state index >= 15 is 0 Å². The Labute approximate surface area is 100 Å². The molecule has 0 spiro atoms. The lowest BCUT2D eigenvalue weighted by Gasteiger charge is -2.15. The molecule has 2 fully saturated rings. The van der Waals surface area contributed by atoms with Gasteiger partial charge in [0.05, 0.1) is 0 Å². The fourth-order valence-corrected chi connectivity index (χ4v) is 2.65. The minimum atomic E-state index is 0.373. The highest BCUT2D eigenvalue weighted by atomic mass is 16.2. The van der Waals surface area contributed by atoms with E-state index in [1.54, 1.807) is 0 Å². The summed E-state index contributed by atoms with van der Waals surface area (Å²) in [7, 11) is 0. The summed E-state index contributed by atoms with van der Waals surface area (Å²) in [6.45, 7) is 12.7. The number of nitrogens with zero attached hydrogens (tertiary/aromatic N) is 1. The van der Waals surface area contributed by atoms with E-state index in [1.807, 2.05) is 13.8 Å². The lowest BCUT2D eigenvalue weighted by atomic mass is 9.96. The first-order valence-electron chi connectivity index (χ1n) is 6.92. The molecule has 0 aromatic carbocycles. The number of carbonyl (C=O) groups excluding carboxylic acids is 1. The predicted molar refractivity (Wildman–Crippen MR) is 68.1 cm³/mol. The molecule has 2 aliphatic rings. The SMILES string of the molecule is CC.CCC1CN(C(=O)C2CC2C)CC1C. The molecular formula is C14H27NO. The first-order chi connectivity index (χ1) is 7.63. The van der Waals surface area contributed by atoms with Crippen molar-refractivity contribution in [3.63, 3.8) is 0 Å². The highest BCUT2D eigenvalue weighted by Crippen LogP contribution is 2.40. The van der Waals surface area contributed by atoms with Crippen molar-refractivity contribution in [3.8, 4) is 0 Å². The van der Waals surface area contributed by atoms with Gasteiger partial charge in [-0.25, -0.2) is 0 Å². The summed E-state index contributed by atoms with van der Waals surface area (Å²) >= 11 is 0. The third-order valence-corrected chi connectivity index (χ3v) is 4.03. The van der Waals surface area contributed by atoms with Crippen LogP contribution in [0, 0.1) is 23.7 Å². The number of hydrogen-bond acceptors (Lipinski definition) is 1. The van der Waals surface area contributed by atoms with Gasteiger partial charge in [-0.3, -0.25) is 4.79 Å². The fraction of sp³-hybridized carbons (Fsp3) is 0.929. The Morgan fingerprint density at radius 2 is 1.75 bits per heavy atom. The molecule has 4 atom stereocenters. The standard InChI is InChI=1S/C12H21NO.C2H6/c1-4-10-7-13(6-9(10)3)12(14)11-5-8(11)2;1-2/h8-11H,4-7H2,1-3H3;1-2H3. The molecule has 0 radical (unpaired) electrons.